The van der Waals surface area contributed by atoms with Crippen LogP contribution in [0.1, 0.15) is 54.1 Å². The van der Waals surface area contributed by atoms with E-state index in [1.165, 1.54) is 22.5 Å². The van der Waals surface area contributed by atoms with Crippen LogP contribution in [0.3, 0.4) is 0 Å². The molecule has 0 aromatic heterocycles. The van der Waals surface area contributed by atoms with Crippen molar-refractivity contribution in [1.29, 1.82) is 0 Å². The number of hydrogen-bond acceptors (Lipinski definition) is 3. The number of benzene rings is 2. The third-order valence-electron chi connectivity index (χ3n) is 5.36. The second kappa shape index (κ2) is 9.28. The first-order valence-electron chi connectivity index (χ1n) is 10.0. The number of hydrogen-bond donors (Lipinski definition) is 1. The van der Waals surface area contributed by atoms with Gasteiger partial charge in [0.2, 0.25) is 10.0 Å². The van der Waals surface area contributed by atoms with E-state index in [4.69, 9.17) is 11.6 Å². The highest BCUT2D eigenvalue weighted by Gasteiger charge is 2.27. The number of nitrogens with one attached hydrogen (secondary N) is 1. The number of anilines is 1. The van der Waals surface area contributed by atoms with E-state index in [0.29, 0.717) is 13.1 Å². The number of para-hydroxylation sites is 1. The first-order chi connectivity index (χ1) is 13.8. The van der Waals surface area contributed by atoms with Gasteiger partial charge in [-0.2, -0.15) is 4.31 Å². The van der Waals surface area contributed by atoms with Gasteiger partial charge in [-0.25, -0.2) is 8.42 Å². The molecule has 1 heterocycles. The summed E-state index contributed by atoms with van der Waals surface area (Å²) >= 11 is 6.26. The SMILES string of the molecule is CCc1cccc(C)c1NC(=O)c1cc(S(=O)(=O)N2CCCCCC2)ccc1Cl. The Bertz CT molecular complexity index is 997. The van der Waals surface area contributed by atoms with Gasteiger partial charge in [-0.05, 0) is 55.5 Å². The lowest BCUT2D eigenvalue weighted by Gasteiger charge is -2.20. The topological polar surface area (TPSA) is 66.5 Å². The average Bonchev–Trinajstić information content (AvgIpc) is 2.99. The van der Waals surface area contributed by atoms with E-state index < -0.39 is 15.9 Å². The highest BCUT2D eigenvalue weighted by Crippen LogP contribution is 2.27. The second-order valence-corrected chi connectivity index (χ2v) is 9.72. The molecule has 1 amide bonds. The fourth-order valence-electron chi connectivity index (χ4n) is 3.65. The summed E-state index contributed by atoms with van der Waals surface area (Å²) in [5.74, 6) is -0.410. The first kappa shape index (κ1) is 21.8. The monoisotopic (exact) mass is 434 g/mol. The minimum atomic E-state index is -3.66. The largest absolute Gasteiger partial charge is 0.321 e. The Balaban J connectivity index is 1.92. The van der Waals surface area contributed by atoms with Crippen molar-refractivity contribution >= 4 is 33.2 Å². The maximum atomic E-state index is 13.1. The second-order valence-electron chi connectivity index (χ2n) is 7.38. The minimum absolute atomic E-state index is 0.106. The van der Waals surface area contributed by atoms with Crippen molar-refractivity contribution in [2.24, 2.45) is 0 Å². The van der Waals surface area contributed by atoms with Gasteiger partial charge in [-0.3, -0.25) is 4.79 Å². The molecule has 0 atom stereocenters. The summed E-state index contributed by atoms with van der Waals surface area (Å²) in [4.78, 5) is 13.1. The molecule has 0 bridgehead atoms. The molecule has 1 saturated heterocycles. The van der Waals surface area contributed by atoms with Gasteiger partial charge in [-0.1, -0.05) is 49.6 Å². The van der Waals surface area contributed by atoms with Crippen LogP contribution in [0.5, 0.6) is 0 Å². The van der Waals surface area contributed by atoms with Crippen LogP contribution in [0.15, 0.2) is 41.3 Å². The molecule has 2 aromatic carbocycles. The third kappa shape index (κ3) is 4.82. The third-order valence-corrected chi connectivity index (χ3v) is 7.59. The van der Waals surface area contributed by atoms with Crippen molar-refractivity contribution < 1.29 is 13.2 Å². The van der Waals surface area contributed by atoms with Gasteiger partial charge < -0.3 is 5.32 Å². The smallest absolute Gasteiger partial charge is 0.257 e. The van der Waals surface area contributed by atoms with E-state index in [2.05, 4.69) is 5.32 Å². The number of sulfonamides is 1. The van der Waals surface area contributed by atoms with Crippen LogP contribution in [0.4, 0.5) is 5.69 Å². The van der Waals surface area contributed by atoms with E-state index in [-0.39, 0.29) is 15.5 Å². The molecule has 0 aliphatic carbocycles. The highest BCUT2D eigenvalue weighted by molar-refractivity contribution is 7.89. The van der Waals surface area contributed by atoms with E-state index in [0.717, 1.165) is 48.9 Å². The lowest BCUT2D eigenvalue weighted by atomic mass is 10.1. The van der Waals surface area contributed by atoms with Crippen LogP contribution in [0, 0.1) is 6.92 Å². The normalized spacial score (nSPS) is 15.7. The minimum Gasteiger partial charge on any atom is -0.321 e. The number of amides is 1. The number of nitrogens with zero attached hydrogens (tertiary/aromatic N) is 1. The van der Waals surface area contributed by atoms with Gasteiger partial charge >= 0.3 is 0 Å². The summed E-state index contributed by atoms with van der Waals surface area (Å²) in [5, 5.41) is 3.15. The van der Waals surface area contributed by atoms with Crippen LogP contribution in [0.2, 0.25) is 5.02 Å². The Labute approximate surface area is 178 Å². The van der Waals surface area contributed by atoms with Crippen molar-refractivity contribution in [3.05, 3.63) is 58.1 Å². The summed E-state index contributed by atoms with van der Waals surface area (Å²) in [6.07, 6.45) is 4.56. The Morgan fingerprint density at radius 1 is 1.10 bits per heavy atom. The zero-order valence-corrected chi connectivity index (χ0v) is 18.4. The number of halogens is 1. The van der Waals surface area contributed by atoms with Crippen LogP contribution < -0.4 is 5.32 Å². The molecular formula is C22H27ClN2O3S. The summed E-state index contributed by atoms with van der Waals surface area (Å²) in [7, 11) is -3.66. The fraction of sp³-hybridized carbons (Fsp3) is 0.409. The van der Waals surface area contributed by atoms with E-state index in [1.807, 2.05) is 32.0 Å². The zero-order chi connectivity index (χ0) is 21.0. The van der Waals surface area contributed by atoms with Crippen molar-refractivity contribution in [2.45, 2.75) is 50.8 Å². The standard InChI is InChI=1S/C22H27ClN2O3S/c1-3-17-10-8-9-16(2)21(17)24-22(26)19-15-18(11-12-20(19)23)29(27,28)25-13-6-4-5-7-14-25/h8-12,15H,3-7,13-14H2,1-2H3,(H,24,26). The maximum Gasteiger partial charge on any atom is 0.257 e. The average molecular weight is 435 g/mol. The summed E-state index contributed by atoms with van der Waals surface area (Å²) < 4.78 is 27.7. The van der Waals surface area contributed by atoms with Crippen molar-refractivity contribution in [2.75, 3.05) is 18.4 Å². The van der Waals surface area contributed by atoms with Gasteiger partial charge in [0.15, 0.2) is 0 Å². The molecule has 2 aromatic rings. The van der Waals surface area contributed by atoms with Gasteiger partial charge in [0.05, 0.1) is 15.5 Å². The van der Waals surface area contributed by atoms with Gasteiger partial charge in [0, 0.05) is 18.8 Å². The Morgan fingerprint density at radius 3 is 2.45 bits per heavy atom. The van der Waals surface area contributed by atoms with Crippen molar-refractivity contribution in [1.82, 2.24) is 4.31 Å². The molecule has 0 unspecified atom stereocenters. The predicted octanol–water partition coefficient (Wildman–Crippen LogP) is 5.03. The van der Waals surface area contributed by atoms with Crippen LogP contribution in [0.25, 0.3) is 0 Å². The molecule has 1 aliphatic rings. The Morgan fingerprint density at radius 2 is 1.79 bits per heavy atom. The quantitative estimate of drug-likeness (QED) is 0.717. The number of aryl methyl sites for hydroxylation is 2. The summed E-state index contributed by atoms with van der Waals surface area (Å²) in [6, 6.07) is 10.2. The van der Waals surface area contributed by atoms with Crippen molar-refractivity contribution in [3.63, 3.8) is 0 Å². The molecule has 29 heavy (non-hydrogen) atoms. The molecule has 0 saturated carbocycles. The Kier molecular flexibility index (Phi) is 6.98. The van der Waals surface area contributed by atoms with E-state index in [1.54, 1.807) is 0 Å². The molecule has 1 N–H and O–H groups in total. The molecule has 1 aliphatic heterocycles. The lowest BCUT2D eigenvalue weighted by molar-refractivity contribution is 0.102. The van der Waals surface area contributed by atoms with Crippen molar-refractivity contribution in [3.8, 4) is 0 Å². The molecule has 3 rings (SSSR count). The van der Waals surface area contributed by atoms with Gasteiger partial charge in [0.1, 0.15) is 0 Å². The molecule has 1 fully saturated rings. The highest BCUT2D eigenvalue weighted by atomic mass is 35.5. The molecule has 0 spiro atoms. The molecule has 5 nitrogen and oxygen atoms in total. The summed E-state index contributed by atoms with van der Waals surface area (Å²) in [5.41, 5.74) is 2.87. The molecule has 0 radical (unpaired) electrons. The number of carbonyl (C=O) groups is 1. The molecular weight excluding hydrogens is 408 g/mol. The van der Waals surface area contributed by atoms with E-state index in [9.17, 15) is 13.2 Å². The van der Waals surface area contributed by atoms with Crippen LogP contribution in [-0.4, -0.2) is 31.7 Å². The summed E-state index contributed by atoms with van der Waals surface area (Å²) in [6.45, 7) is 4.97. The maximum absolute atomic E-state index is 13.1. The number of carbonyl (C=O) groups excluding carboxylic acids is 1. The van der Waals surface area contributed by atoms with Gasteiger partial charge in [0.25, 0.3) is 5.91 Å². The van der Waals surface area contributed by atoms with Gasteiger partial charge in [-0.15, -0.1) is 0 Å². The number of rotatable bonds is 5. The fourth-order valence-corrected chi connectivity index (χ4v) is 5.40. The zero-order valence-electron chi connectivity index (χ0n) is 16.9. The lowest BCUT2D eigenvalue weighted by Crippen LogP contribution is -2.32. The Hall–Kier alpha value is -1.89. The predicted molar refractivity (Wildman–Crippen MR) is 117 cm³/mol. The molecule has 7 heteroatoms. The first-order valence-corrected chi connectivity index (χ1v) is 11.9. The van der Waals surface area contributed by atoms with E-state index >= 15 is 0 Å². The van der Waals surface area contributed by atoms with Crippen LogP contribution in [-0.2, 0) is 16.4 Å². The van der Waals surface area contributed by atoms with Crippen LogP contribution >= 0.6 is 11.6 Å². The molecule has 156 valence electrons.